The van der Waals surface area contributed by atoms with Crippen molar-refractivity contribution in [2.45, 2.75) is 55.7 Å². The third-order valence-electron chi connectivity index (χ3n) is 10.1. The predicted molar refractivity (Wildman–Crippen MR) is 165 cm³/mol. The average molecular weight is 636 g/mol. The van der Waals surface area contributed by atoms with Crippen LogP contribution in [0.1, 0.15) is 40.8 Å². The van der Waals surface area contributed by atoms with E-state index < -0.39 is 0 Å². The van der Waals surface area contributed by atoms with Crippen LogP contribution in [0.25, 0.3) is 6.08 Å². The van der Waals surface area contributed by atoms with E-state index in [4.69, 9.17) is 9.47 Å². The molecule has 1 saturated carbocycles. The molecule has 41 heavy (non-hydrogen) atoms. The highest BCUT2D eigenvalue weighted by Crippen LogP contribution is 2.65. The molecule has 8 heteroatoms. The van der Waals surface area contributed by atoms with Crippen LogP contribution in [0.2, 0.25) is 0 Å². The first-order valence-electron chi connectivity index (χ1n) is 14.5. The number of hydrogen-bond donors (Lipinski definition) is 1. The number of benzene rings is 2. The summed E-state index contributed by atoms with van der Waals surface area (Å²) in [7, 11) is 3.55. The molecule has 2 aromatic carbocycles. The number of amides is 1. The number of hydrogen-bond acceptors (Lipinski definition) is 6. The molecule has 5 atom stereocenters. The van der Waals surface area contributed by atoms with Crippen molar-refractivity contribution in [3.8, 4) is 17.2 Å². The summed E-state index contributed by atoms with van der Waals surface area (Å²) >= 11 is 5.10. The number of likely N-dealkylation sites (N-methyl/N-ethyl adjacent to an activating group) is 1. The largest absolute Gasteiger partial charge is 0.508 e. The summed E-state index contributed by atoms with van der Waals surface area (Å²) in [5.41, 5.74) is 3.26. The Morgan fingerprint density at radius 2 is 2.12 bits per heavy atom. The molecule has 0 unspecified atom stereocenters. The number of likely N-dealkylation sites (tertiary alicyclic amines) is 1. The predicted octanol–water partition coefficient (Wildman–Crippen LogP) is 6.05. The van der Waals surface area contributed by atoms with Crippen molar-refractivity contribution in [1.29, 1.82) is 0 Å². The molecule has 1 amide bonds. The van der Waals surface area contributed by atoms with Gasteiger partial charge in [0.15, 0.2) is 11.5 Å². The molecule has 2 aliphatic heterocycles. The number of ether oxygens (including phenoxy) is 2. The van der Waals surface area contributed by atoms with Gasteiger partial charge < -0.3 is 19.5 Å². The van der Waals surface area contributed by atoms with Gasteiger partial charge in [-0.25, -0.2) is 0 Å². The Hall–Kier alpha value is -2.81. The first kappa shape index (κ1) is 27.0. The van der Waals surface area contributed by atoms with Crippen LogP contribution >= 0.6 is 27.3 Å². The lowest BCUT2D eigenvalue weighted by Crippen LogP contribution is -2.69. The highest BCUT2D eigenvalue weighted by atomic mass is 79.9. The molecule has 2 bridgehead atoms. The van der Waals surface area contributed by atoms with Gasteiger partial charge in [0, 0.05) is 63.0 Å². The Labute approximate surface area is 253 Å². The van der Waals surface area contributed by atoms with Gasteiger partial charge in [0.2, 0.25) is 5.91 Å². The Morgan fingerprint density at radius 1 is 1.29 bits per heavy atom. The van der Waals surface area contributed by atoms with E-state index >= 15 is 0 Å². The van der Waals surface area contributed by atoms with Crippen LogP contribution in [0.4, 0.5) is 0 Å². The number of halogens is 1. The monoisotopic (exact) mass is 634 g/mol. The van der Waals surface area contributed by atoms with Crippen LogP contribution in [0.15, 0.2) is 58.4 Å². The lowest BCUT2D eigenvalue weighted by atomic mass is 9.50. The van der Waals surface area contributed by atoms with Crippen LogP contribution < -0.4 is 9.47 Å². The van der Waals surface area contributed by atoms with Crippen molar-refractivity contribution in [3.05, 3.63) is 80.0 Å². The first-order chi connectivity index (χ1) is 19.9. The molecule has 4 aliphatic rings. The van der Waals surface area contributed by atoms with E-state index in [0.29, 0.717) is 23.5 Å². The van der Waals surface area contributed by atoms with Gasteiger partial charge in [-0.1, -0.05) is 30.3 Å². The van der Waals surface area contributed by atoms with Gasteiger partial charge in [0.05, 0.1) is 13.2 Å². The Morgan fingerprint density at radius 3 is 2.88 bits per heavy atom. The maximum atomic E-state index is 13.5. The maximum absolute atomic E-state index is 13.5. The number of thiophene rings is 1. The van der Waals surface area contributed by atoms with Gasteiger partial charge in [0.25, 0.3) is 0 Å². The fraction of sp³-hybridized carbons (Fsp3) is 0.424. The van der Waals surface area contributed by atoms with E-state index in [0.717, 1.165) is 71.4 Å². The zero-order chi connectivity index (χ0) is 28.3. The maximum Gasteiger partial charge on any atom is 0.246 e. The summed E-state index contributed by atoms with van der Waals surface area (Å²) in [6.07, 6.45) is 8.07. The second-order valence-electron chi connectivity index (χ2n) is 11.9. The van der Waals surface area contributed by atoms with Crippen molar-refractivity contribution in [3.63, 3.8) is 0 Å². The van der Waals surface area contributed by atoms with Crippen LogP contribution in [-0.4, -0.2) is 66.2 Å². The summed E-state index contributed by atoms with van der Waals surface area (Å²) < 4.78 is 13.7. The van der Waals surface area contributed by atoms with Crippen LogP contribution in [-0.2, 0) is 23.1 Å². The first-order valence-corrected chi connectivity index (χ1v) is 16.1. The van der Waals surface area contributed by atoms with Crippen molar-refractivity contribution in [1.82, 2.24) is 9.80 Å². The number of methoxy groups -OCH3 is 1. The lowest BCUT2D eigenvalue weighted by molar-refractivity contribution is -0.135. The van der Waals surface area contributed by atoms with E-state index in [-0.39, 0.29) is 23.5 Å². The van der Waals surface area contributed by atoms with Crippen molar-refractivity contribution < 1.29 is 19.4 Å². The van der Waals surface area contributed by atoms with Crippen molar-refractivity contribution in [2.24, 2.45) is 5.92 Å². The molecule has 2 aliphatic carbocycles. The minimum absolute atomic E-state index is 0.0170. The van der Waals surface area contributed by atoms with Crippen LogP contribution in [0.3, 0.4) is 0 Å². The summed E-state index contributed by atoms with van der Waals surface area (Å²) in [5, 5.41) is 13.3. The number of phenols is 1. The second kappa shape index (κ2) is 10.5. The molecule has 1 aromatic heterocycles. The Kier molecular flexibility index (Phi) is 6.91. The number of carbonyl (C=O) groups is 1. The molecule has 1 saturated heterocycles. The van der Waals surface area contributed by atoms with E-state index in [1.807, 2.05) is 29.5 Å². The number of nitrogens with zero attached hydrogens (tertiary/aromatic N) is 2. The van der Waals surface area contributed by atoms with Crippen LogP contribution in [0, 0.1) is 5.92 Å². The number of carbonyl (C=O) groups excluding carboxylic acids is 1. The van der Waals surface area contributed by atoms with Crippen LogP contribution in [0.5, 0.6) is 17.2 Å². The molecular weight excluding hydrogens is 600 g/mol. The van der Waals surface area contributed by atoms with E-state index in [1.54, 1.807) is 30.6 Å². The number of rotatable bonds is 7. The minimum atomic E-state index is -0.247. The standard InChI is InChI=1S/C33H35BrN2O4S/c1-35(29(38)11-8-22-16-21(34)19-41-22)25-10-9-24-26-17-23-27(37)18-28(39-2)31-30(23)33(24,32(25)40-31)13-15-36(26)14-12-20-6-4-3-5-7-20/h3-8,11,16,18-19,24-26,32,37H,9-10,12-15,17H2,1-2H3/b11-8+/t24-,25+,26+,32-,33-/m0/s1. The summed E-state index contributed by atoms with van der Waals surface area (Å²) in [6, 6.07) is 14.7. The molecule has 0 radical (unpaired) electrons. The quantitative estimate of drug-likeness (QED) is 0.321. The molecule has 214 valence electrons. The van der Waals surface area contributed by atoms with Gasteiger partial charge in [-0.15, -0.1) is 11.3 Å². The third-order valence-corrected chi connectivity index (χ3v) is 11.7. The summed E-state index contributed by atoms with van der Waals surface area (Å²) in [6.45, 7) is 1.97. The Balaban J connectivity index is 1.22. The van der Waals surface area contributed by atoms with Gasteiger partial charge >= 0.3 is 0 Å². The molecule has 1 N–H and O–H groups in total. The molecular formula is C33H35BrN2O4S. The number of aromatic hydroxyl groups is 1. The van der Waals surface area contributed by atoms with Gasteiger partial charge in [0.1, 0.15) is 11.9 Å². The third kappa shape index (κ3) is 4.33. The molecule has 3 heterocycles. The Bertz CT molecular complexity index is 1510. The summed E-state index contributed by atoms with van der Waals surface area (Å²) in [4.78, 5) is 19.0. The zero-order valence-electron chi connectivity index (χ0n) is 23.4. The highest BCUT2D eigenvalue weighted by molar-refractivity contribution is 9.10. The zero-order valence-corrected chi connectivity index (χ0v) is 25.8. The fourth-order valence-electron chi connectivity index (χ4n) is 8.24. The lowest BCUT2D eigenvalue weighted by Gasteiger charge is -2.60. The van der Waals surface area contributed by atoms with E-state index in [9.17, 15) is 9.90 Å². The number of piperidine rings is 1. The normalized spacial score (nSPS) is 27.9. The molecule has 6 nitrogen and oxygen atoms in total. The molecule has 3 aromatic rings. The van der Waals surface area contributed by atoms with E-state index in [1.165, 1.54) is 5.56 Å². The van der Waals surface area contributed by atoms with Gasteiger partial charge in [-0.05, 0) is 78.2 Å². The smallest absolute Gasteiger partial charge is 0.246 e. The van der Waals surface area contributed by atoms with Gasteiger partial charge in [-0.3, -0.25) is 9.69 Å². The highest BCUT2D eigenvalue weighted by Gasteiger charge is 2.66. The fourth-order valence-corrected chi connectivity index (χ4v) is 9.58. The second-order valence-corrected chi connectivity index (χ2v) is 13.7. The summed E-state index contributed by atoms with van der Waals surface area (Å²) in [5.74, 6) is 2.05. The van der Waals surface area contributed by atoms with Crippen molar-refractivity contribution in [2.75, 3.05) is 27.2 Å². The average Bonchev–Trinajstić information content (AvgIpc) is 3.56. The van der Waals surface area contributed by atoms with Crippen molar-refractivity contribution >= 4 is 39.2 Å². The number of phenolic OH excluding ortho intramolecular Hbond substituents is 1. The SMILES string of the molecule is COc1cc(O)c2c3c1O[C@H]1[C@H](N(C)C(=O)/C=C/c4cc(Br)cs4)CC[C@H]4[C@@H](C2)N(CCc2ccccc2)CC[C@@]341. The molecule has 1 spiro atoms. The van der Waals surface area contributed by atoms with E-state index in [2.05, 4.69) is 51.2 Å². The minimum Gasteiger partial charge on any atom is -0.508 e. The molecule has 7 rings (SSSR count). The topological polar surface area (TPSA) is 62.2 Å². The molecule has 2 fully saturated rings. The van der Waals surface area contributed by atoms with Gasteiger partial charge in [-0.2, -0.15) is 0 Å².